The summed E-state index contributed by atoms with van der Waals surface area (Å²) in [7, 11) is 3.36. The minimum atomic E-state index is -2.26. The smallest absolute Gasteiger partial charge is 0.351 e. The second kappa shape index (κ2) is 6.22. The number of halogens is 1. The highest BCUT2D eigenvalue weighted by Gasteiger charge is 2.55. The minimum Gasteiger partial charge on any atom is -0.394 e. The molecule has 0 spiro atoms. The molecule has 128 valence electrons. The third-order valence-electron chi connectivity index (χ3n) is 3.65. The van der Waals surface area contributed by atoms with E-state index < -0.39 is 36.4 Å². The second-order valence-electron chi connectivity index (χ2n) is 5.65. The van der Waals surface area contributed by atoms with Crippen molar-refractivity contribution in [2.45, 2.75) is 31.0 Å². The number of hydrogen-bond donors (Lipinski definition) is 3. The van der Waals surface area contributed by atoms with E-state index in [1.54, 1.807) is 14.1 Å². The van der Waals surface area contributed by atoms with Crippen molar-refractivity contribution in [2.24, 2.45) is 10.7 Å². The molecule has 1 aliphatic heterocycles. The first-order valence-corrected chi connectivity index (χ1v) is 6.92. The highest BCUT2D eigenvalue weighted by molar-refractivity contribution is 5.79. The number of aliphatic hydroxyl groups excluding tert-OH is 2. The number of aliphatic imine (C=N–C) groups is 1. The molecule has 10 heteroatoms. The van der Waals surface area contributed by atoms with Crippen LogP contribution < -0.4 is 11.4 Å². The van der Waals surface area contributed by atoms with Crippen molar-refractivity contribution in [3.05, 3.63) is 22.7 Å². The highest BCUT2D eigenvalue weighted by atomic mass is 19.1. The SMILES string of the molecule is CN(C)C(N)=Nc1ccn([C@@H]2O[C@H](CO)[C@@H](O)[C@@]2(C)F)c(=O)n1. The fourth-order valence-corrected chi connectivity index (χ4v) is 2.22. The summed E-state index contributed by atoms with van der Waals surface area (Å²) in [5, 5.41) is 18.9. The van der Waals surface area contributed by atoms with E-state index in [2.05, 4.69) is 9.98 Å². The van der Waals surface area contributed by atoms with Crippen LogP contribution in [0.5, 0.6) is 0 Å². The average Bonchev–Trinajstić information content (AvgIpc) is 2.70. The molecular weight excluding hydrogens is 309 g/mol. The number of aliphatic hydroxyl groups is 2. The van der Waals surface area contributed by atoms with Crippen LogP contribution in [0, 0.1) is 0 Å². The molecule has 0 saturated carbocycles. The summed E-state index contributed by atoms with van der Waals surface area (Å²) in [6.45, 7) is 0.529. The van der Waals surface area contributed by atoms with Crippen LogP contribution in [0.2, 0.25) is 0 Å². The van der Waals surface area contributed by atoms with Crippen molar-refractivity contribution in [3.63, 3.8) is 0 Å². The van der Waals surface area contributed by atoms with Crippen LogP contribution in [-0.4, -0.2) is 69.2 Å². The molecule has 1 aliphatic rings. The Morgan fingerprint density at radius 2 is 2.30 bits per heavy atom. The quantitative estimate of drug-likeness (QED) is 0.466. The van der Waals surface area contributed by atoms with Gasteiger partial charge in [0.2, 0.25) is 0 Å². The summed E-state index contributed by atoms with van der Waals surface area (Å²) in [4.78, 5) is 21.3. The first kappa shape index (κ1) is 17.3. The fourth-order valence-electron chi connectivity index (χ4n) is 2.22. The van der Waals surface area contributed by atoms with E-state index in [-0.39, 0.29) is 11.8 Å². The summed E-state index contributed by atoms with van der Waals surface area (Å²) in [5.74, 6) is 0.216. The second-order valence-corrected chi connectivity index (χ2v) is 5.65. The molecule has 4 atom stereocenters. The summed E-state index contributed by atoms with van der Waals surface area (Å²) < 4.78 is 20.8. The number of rotatable bonds is 3. The molecule has 23 heavy (non-hydrogen) atoms. The van der Waals surface area contributed by atoms with E-state index in [0.717, 1.165) is 11.5 Å². The van der Waals surface area contributed by atoms with Crippen molar-refractivity contribution in [2.75, 3.05) is 20.7 Å². The maximum atomic E-state index is 14.7. The van der Waals surface area contributed by atoms with Crippen LogP contribution in [0.3, 0.4) is 0 Å². The molecule has 0 amide bonds. The molecule has 2 rings (SSSR count). The van der Waals surface area contributed by atoms with E-state index in [0.29, 0.717) is 0 Å². The highest BCUT2D eigenvalue weighted by Crippen LogP contribution is 2.40. The van der Waals surface area contributed by atoms with Gasteiger partial charge in [0.15, 0.2) is 23.7 Å². The molecule has 9 nitrogen and oxygen atoms in total. The monoisotopic (exact) mass is 329 g/mol. The van der Waals surface area contributed by atoms with E-state index in [9.17, 15) is 14.3 Å². The molecule has 2 heterocycles. The Morgan fingerprint density at radius 1 is 1.65 bits per heavy atom. The molecule has 0 unspecified atom stereocenters. The van der Waals surface area contributed by atoms with Crippen LogP contribution >= 0.6 is 0 Å². The molecule has 1 aromatic rings. The third-order valence-corrected chi connectivity index (χ3v) is 3.65. The normalized spacial score (nSPS) is 31.4. The summed E-state index contributed by atoms with van der Waals surface area (Å²) >= 11 is 0. The number of nitrogens with two attached hydrogens (primary N) is 1. The van der Waals surface area contributed by atoms with Crippen molar-refractivity contribution in [3.8, 4) is 0 Å². The molecule has 0 radical (unpaired) electrons. The van der Waals surface area contributed by atoms with Gasteiger partial charge in [-0.15, -0.1) is 0 Å². The Morgan fingerprint density at radius 3 is 2.78 bits per heavy atom. The Labute approximate surface area is 131 Å². The van der Waals surface area contributed by atoms with Crippen molar-refractivity contribution in [1.29, 1.82) is 0 Å². The van der Waals surface area contributed by atoms with Crippen LogP contribution in [-0.2, 0) is 4.74 Å². The van der Waals surface area contributed by atoms with Crippen molar-refractivity contribution >= 4 is 11.8 Å². The van der Waals surface area contributed by atoms with Gasteiger partial charge in [0.25, 0.3) is 0 Å². The van der Waals surface area contributed by atoms with E-state index in [1.807, 2.05) is 0 Å². The zero-order valence-electron chi connectivity index (χ0n) is 13.0. The van der Waals surface area contributed by atoms with Gasteiger partial charge in [-0.3, -0.25) is 4.57 Å². The van der Waals surface area contributed by atoms with E-state index in [1.165, 1.54) is 17.2 Å². The van der Waals surface area contributed by atoms with Gasteiger partial charge in [-0.25, -0.2) is 9.18 Å². The lowest BCUT2D eigenvalue weighted by Crippen LogP contribution is -2.42. The number of aromatic nitrogens is 2. The van der Waals surface area contributed by atoms with Crippen LogP contribution in [0.25, 0.3) is 0 Å². The standard InChI is InChI=1S/C13H20FN5O4/c1-13(14)9(21)7(6-20)23-10(13)19-5-4-8(17-12(19)22)16-11(15)18(2)3/h4-5,7,9-10,20-21H,6H2,1-3H3,(H2,15,16,17,22)/t7-,9-,10-,13-/m1/s1. The van der Waals surface area contributed by atoms with Gasteiger partial charge < -0.3 is 25.6 Å². The van der Waals surface area contributed by atoms with Gasteiger partial charge in [0, 0.05) is 20.3 Å². The van der Waals surface area contributed by atoms with Gasteiger partial charge in [-0.05, 0) is 13.0 Å². The van der Waals surface area contributed by atoms with E-state index in [4.69, 9.17) is 15.6 Å². The molecule has 1 fully saturated rings. The van der Waals surface area contributed by atoms with Gasteiger partial charge in [0.05, 0.1) is 6.61 Å². The first-order chi connectivity index (χ1) is 10.7. The number of nitrogens with zero attached hydrogens (tertiary/aromatic N) is 4. The van der Waals surface area contributed by atoms with Gasteiger partial charge in [0.1, 0.15) is 12.2 Å². The zero-order valence-corrected chi connectivity index (χ0v) is 13.0. The third kappa shape index (κ3) is 3.19. The summed E-state index contributed by atoms with van der Waals surface area (Å²) in [6, 6.07) is 1.37. The Hall–Kier alpha value is -2.04. The number of hydrogen-bond acceptors (Lipinski definition) is 6. The van der Waals surface area contributed by atoms with Gasteiger partial charge >= 0.3 is 5.69 Å². The van der Waals surface area contributed by atoms with Crippen LogP contribution in [0.15, 0.2) is 22.1 Å². The maximum absolute atomic E-state index is 14.7. The van der Waals surface area contributed by atoms with E-state index >= 15 is 0 Å². The zero-order chi connectivity index (χ0) is 17.4. The number of guanidine groups is 1. The lowest BCUT2D eigenvalue weighted by Gasteiger charge is -2.24. The average molecular weight is 329 g/mol. The number of alkyl halides is 1. The van der Waals surface area contributed by atoms with Gasteiger partial charge in [-0.1, -0.05) is 0 Å². The molecular formula is C13H20FN5O4. The molecule has 0 aliphatic carbocycles. The molecule has 0 bridgehead atoms. The predicted molar refractivity (Wildman–Crippen MR) is 80.0 cm³/mol. The minimum absolute atomic E-state index is 0.0651. The molecule has 0 aromatic carbocycles. The Kier molecular flexibility index (Phi) is 4.68. The van der Waals surface area contributed by atoms with Crippen molar-refractivity contribution in [1.82, 2.24) is 14.5 Å². The lowest BCUT2D eigenvalue weighted by molar-refractivity contribution is -0.0610. The van der Waals surface area contributed by atoms with Crippen LogP contribution in [0.1, 0.15) is 13.2 Å². The molecule has 1 aromatic heterocycles. The lowest BCUT2D eigenvalue weighted by atomic mass is 9.98. The largest absolute Gasteiger partial charge is 0.394 e. The molecule has 4 N–H and O–H groups in total. The number of ether oxygens (including phenoxy) is 1. The van der Waals surface area contributed by atoms with Crippen LogP contribution in [0.4, 0.5) is 10.2 Å². The van der Waals surface area contributed by atoms with Crippen molar-refractivity contribution < 1.29 is 19.3 Å². The fraction of sp³-hybridized carbons (Fsp3) is 0.615. The summed E-state index contributed by atoms with van der Waals surface area (Å²) in [5.41, 5.74) is 2.57. The maximum Gasteiger partial charge on any atom is 0.351 e. The summed E-state index contributed by atoms with van der Waals surface area (Å²) in [6.07, 6.45) is -2.83. The first-order valence-electron chi connectivity index (χ1n) is 6.92. The molecule has 1 saturated heterocycles. The Balaban J connectivity index is 2.35. The topological polar surface area (TPSA) is 126 Å². The predicted octanol–water partition coefficient (Wildman–Crippen LogP) is -1.27. The Bertz CT molecular complexity index is 660. The van der Waals surface area contributed by atoms with Gasteiger partial charge in [-0.2, -0.15) is 9.98 Å².